The van der Waals surface area contributed by atoms with Gasteiger partial charge in [0.2, 0.25) is 0 Å². The van der Waals surface area contributed by atoms with Gasteiger partial charge in [0.1, 0.15) is 11.5 Å². The SMILES string of the molecule is Clc1ncnc2cc(C3CCC3)sc12. The van der Waals surface area contributed by atoms with Crippen LogP contribution < -0.4 is 0 Å². The van der Waals surface area contributed by atoms with Crippen LogP contribution in [0, 0.1) is 0 Å². The highest BCUT2D eigenvalue weighted by atomic mass is 35.5. The molecule has 72 valence electrons. The number of aromatic nitrogens is 2. The van der Waals surface area contributed by atoms with Gasteiger partial charge in [0.05, 0.1) is 10.2 Å². The molecule has 1 fully saturated rings. The minimum Gasteiger partial charge on any atom is -0.235 e. The predicted octanol–water partition coefficient (Wildman–Crippen LogP) is 3.61. The number of fused-ring (bicyclic) bond motifs is 1. The smallest absolute Gasteiger partial charge is 0.150 e. The zero-order valence-corrected chi connectivity index (χ0v) is 9.11. The highest BCUT2D eigenvalue weighted by Gasteiger charge is 2.22. The van der Waals surface area contributed by atoms with Gasteiger partial charge in [-0.3, -0.25) is 0 Å². The molecule has 1 aliphatic carbocycles. The summed E-state index contributed by atoms with van der Waals surface area (Å²) in [5, 5.41) is 0.588. The Morgan fingerprint density at radius 1 is 1.36 bits per heavy atom. The van der Waals surface area contributed by atoms with E-state index in [0.29, 0.717) is 5.15 Å². The maximum absolute atomic E-state index is 6.00. The van der Waals surface area contributed by atoms with E-state index in [-0.39, 0.29) is 0 Å². The summed E-state index contributed by atoms with van der Waals surface area (Å²) in [5.41, 5.74) is 0.997. The Balaban J connectivity index is 2.15. The fourth-order valence-corrected chi connectivity index (χ4v) is 3.16. The van der Waals surface area contributed by atoms with Gasteiger partial charge >= 0.3 is 0 Å². The van der Waals surface area contributed by atoms with Gasteiger partial charge in [-0.1, -0.05) is 18.0 Å². The zero-order valence-electron chi connectivity index (χ0n) is 7.53. The summed E-state index contributed by atoms with van der Waals surface area (Å²) in [6.07, 6.45) is 5.52. The van der Waals surface area contributed by atoms with Crippen molar-refractivity contribution < 1.29 is 0 Å². The maximum atomic E-state index is 6.00. The first kappa shape index (κ1) is 8.62. The standard InChI is InChI=1S/C10H9ClN2S/c11-10-9-7(12-5-13-10)4-8(14-9)6-2-1-3-6/h4-6H,1-3H2. The number of nitrogens with zero attached hydrogens (tertiary/aromatic N) is 2. The second-order valence-corrected chi connectivity index (χ2v) is 5.10. The van der Waals surface area contributed by atoms with Crippen molar-refractivity contribution in [3.8, 4) is 0 Å². The van der Waals surface area contributed by atoms with Crippen LogP contribution in [0.15, 0.2) is 12.4 Å². The van der Waals surface area contributed by atoms with Crippen molar-refractivity contribution in [1.82, 2.24) is 9.97 Å². The Hall–Kier alpha value is -0.670. The van der Waals surface area contributed by atoms with Gasteiger partial charge < -0.3 is 0 Å². The fraction of sp³-hybridized carbons (Fsp3) is 0.400. The van der Waals surface area contributed by atoms with Gasteiger partial charge in [-0.25, -0.2) is 9.97 Å². The van der Waals surface area contributed by atoms with Crippen molar-refractivity contribution in [2.45, 2.75) is 25.2 Å². The zero-order chi connectivity index (χ0) is 9.54. The first-order chi connectivity index (χ1) is 6.84. The van der Waals surface area contributed by atoms with Crippen LogP contribution >= 0.6 is 22.9 Å². The monoisotopic (exact) mass is 224 g/mol. The van der Waals surface area contributed by atoms with Crippen LogP contribution in [0.2, 0.25) is 5.15 Å². The molecule has 0 bridgehead atoms. The Bertz CT molecular complexity index is 476. The summed E-state index contributed by atoms with van der Waals surface area (Å²) in [6, 6.07) is 2.16. The van der Waals surface area contributed by atoms with E-state index in [1.54, 1.807) is 11.3 Å². The summed E-state index contributed by atoms with van der Waals surface area (Å²) < 4.78 is 1.04. The van der Waals surface area contributed by atoms with E-state index in [0.717, 1.165) is 16.1 Å². The third-order valence-corrected chi connectivity index (χ3v) is 4.49. The van der Waals surface area contributed by atoms with E-state index in [9.17, 15) is 0 Å². The molecule has 2 nitrogen and oxygen atoms in total. The molecule has 0 atom stereocenters. The molecule has 1 aliphatic rings. The highest BCUT2D eigenvalue weighted by molar-refractivity contribution is 7.19. The van der Waals surface area contributed by atoms with E-state index in [2.05, 4.69) is 16.0 Å². The molecular weight excluding hydrogens is 216 g/mol. The van der Waals surface area contributed by atoms with Crippen LogP contribution in [-0.4, -0.2) is 9.97 Å². The molecular formula is C10H9ClN2S. The van der Waals surface area contributed by atoms with Crippen LogP contribution in [0.4, 0.5) is 0 Å². The first-order valence-electron chi connectivity index (χ1n) is 4.74. The number of thiophene rings is 1. The Labute approximate surface area is 90.9 Å². The fourth-order valence-electron chi connectivity index (χ4n) is 1.74. The van der Waals surface area contributed by atoms with Gasteiger partial charge in [0, 0.05) is 4.88 Å². The molecule has 0 unspecified atom stereocenters. The summed E-state index contributed by atoms with van der Waals surface area (Å²) in [7, 11) is 0. The summed E-state index contributed by atoms with van der Waals surface area (Å²) >= 11 is 7.75. The molecule has 0 saturated heterocycles. The molecule has 0 N–H and O–H groups in total. The molecule has 0 spiro atoms. The van der Waals surface area contributed by atoms with E-state index in [4.69, 9.17) is 11.6 Å². The van der Waals surface area contributed by atoms with Crippen molar-refractivity contribution in [2.75, 3.05) is 0 Å². The summed E-state index contributed by atoms with van der Waals surface area (Å²) in [4.78, 5) is 9.63. The first-order valence-corrected chi connectivity index (χ1v) is 5.94. The van der Waals surface area contributed by atoms with Crippen LogP contribution in [0.25, 0.3) is 10.2 Å². The minimum absolute atomic E-state index is 0.588. The lowest BCUT2D eigenvalue weighted by Crippen LogP contribution is -2.06. The lowest BCUT2D eigenvalue weighted by atomic mass is 9.84. The van der Waals surface area contributed by atoms with Gasteiger partial charge in [0.25, 0.3) is 0 Å². The maximum Gasteiger partial charge on any atom is 0.150 e. The molecule has 0 aromatic carbocycles. The van der Waals surface area contributed by atoms with Crippen LogP contribution in [0.3, 0.4) is 0 Å². The summed E-state index contributed by atoms with van der Waals surface area (Å²) in [6.45, 7) is 0. The molecule has 2 aromatic heterocycles. The molecule has 14 heavy (non-hydrogen) atoms. The molecule has 0 aliphatic heterocycles. The number of hydrogen-bond donors (Lipinski definition) is 0. The molecule has 3 rings (SSSR count). The second-order valence-electron chi connectivity index (χ2n) is 3.66. The molecule has 2 heterocycles. The van der Waals surface area contributed by atoms with Crippen LogP contribution in [0.1, 0.15) is 30.1 Å². The second kappa shape index (κ2) is 3.17. The van der Waals surface area contributed by atoms with Gasteiger partial charge in [-0.2, -0.15) is 0 Å². The topological polar surface area (TPSA) is 25.8 Å². The largest absolute Gasteiger partial charge is 0.235 e. The number of halogens is 1. The normalized spacial score (nSPS) is 17.2. The Morgan fingerprint density at radius 3 is 2.86 bits per heavy atom. The van der Waals surface area contributed by atoms with Crippen molar-refractivity contribution in [2.24, 2.45) is 0 Å². The average Bonchev–Trinajstić information content (AvgIpc) is 2.46. The van der Waals surface area contributed by atoms with Crippen LogP contribution in [-0.2, 0) is 0 Å². The van der Waals surface area contributed by atoms with E-state index >= 15 is 0 Å². The van der Waals surface area contributed by atoms with Gasteiger partial charge in [-0.05, 0) is 24.8 Å². The quantitative estimate of drug-likeness (QED) is 0.692. The molecule has 0 radical (unpaired) electrons. The third-order valence-electron chi connectivity index (χ3n) is 2.79. The van der Waals surface area contributed by atoms with Crippen molar-refractivity contribution in [3.05, 3.63) is 22.4 Å². The molecule has 1 saturated carbocycles. The van der Waals surface area contributed by atoms with E-state index in [1.807, 2.05) is 0 Å². The lowest BCUT2D eigenvalue weighted by Gasteiger charge is -2.23. The van der Waals surface area contributed by atoms with E-state index < -0.39 is 0 Å². The van der Waals surface area contributed by atoms with Crippen molar-refractivity contribution in [3.63, 3.8) is 0 Å². The number of rotatable bonds is 1. The molecule has 0 amide bonds. The minimum atomic E-state index is 0.588. The predicted molar refractivity (Wildman–Crippen MR) is 59.0 cm³/mol. The van der Waals surface area contributed by atoms with Gasteiger partial charge in [-0.15, -0.1) is 11.3 Å². The van der Waals surface area contributed by atoms with Gasteiger partial charge in [0.15, 0.2) is 0 Å². The van der Waals surface area contributed by atoms with Crippen molar-refractivity contribution >= 4 is 33.2 Å². The molecule has 4 heteroatoms. The number of hydrogen-bond acceptors (Lipinski definition) is 3. The Kier molecular flexibility index (Phi) is 1.96. The third kappa shape index (κ3) is 1.23. The Morgan fingerprint density at radius 2 is 2.21 bits per heavy atom. The summed E-state index contributed by atoms with van der Waals surface area (Å²) in [5.74, 6) is 0.755. The lowest BCUT2D eigenvalue weighted by molar-refractivity contribution is 0.426. The van der Waals surface area contributed by atoms with Crippen LogP contribution in [0.5, 0.6) is 0 Å². The highest BCUT2D eigenvalue weighted by Crippen LogP contribution is 2.42. The average molecular weight is 225 g/mol. The van der Waals surface area contributed by atoms with Crippen molar-refractivity contribution in [1.29, 1.82) is 0 Å². The van der Waals surface area contributed by atoms with E-state index in [1.165, 1.54) is 30.5 Å². The molecule has 2 aromatic rings.